The van der Waals surface area contributed by atoms with Gasteiger partial charge in [0, 0.05) is 17.5 Å². The van der Waals surface area contributed by atoms with Gasteiger partial charge in [-0.2, -0.15) is 4.98 Å². The lowest BCUT2D eigenvalue weighted by Crippen LogP contribution is -2.26. The molecule has 0 saturated heterocycles. The number of rotatable bonds is 11. The third kappa shape index (κ3) is 6.44. The maximum absolute atomic E-state index is 6.09. The van der Waals surface area contributed by atoms with E-state index in [9.17, 15) is 0 Å². The zero-order chi connectivity index (χ0) is 19.6. The van der Waals surface area contributed by atoms with Gasteiger partial charge in [0.05, 0.1) is 0 Å². The molecule has 2 aromatic rings. The minimum absolute atomic E-state index is 0.268. The summed E-state index contributed by atoms with van der Waals surface area (Å²) in [6.07, 6.45) is 16.4. The van der Waals surface area contributed by atoms with Crippen LogP contribution >= 0.6 is 0 Å². The molecule has 0 radical (unpaired) electrons. The second-order valence-corrected chi connectivity index (χ2v) is 8.50. The van der Waals surface area contributed by atoms with Crippen LogP contribution in [-0.4, -0.2) is 16.2 Å². The highest BCUT2D eigenvalue weighted by Crippen LogP contribution is 2.32. The van der Waals surface area contributed by atoms with E-state index in [1.807, 2.05) is 0 Å². The molecule has 2 N–H and O–H groups in total. The Morgan fingerprint density at radius 3 is 2.39 bits per heavy atom. The predicted octanol–water partition coefficient (Wildman–Crippen LogP) is 6.40. The van der Waals surface area contributed by atoms with Crippen molar-refractivity contribution in [1.82, 2.24) is 10.1 Å². The van der Waals surface area contributed by atoms with Crippen LogP contribution in [0.5, 0.6) is 0 Å². The molecule has 0 amide bonds. The van der Waals surface area contributed by atoms with Crippen LogP contribution in [0.4, 0.5) is 0 Å². The van der Waals surface area contributed by atoms with E-state index in [2.05, 4.69) is 41.3 Å². The summed E-state index contributed by atoms with van der Waals surface area (Å²) in [6, 6.07) is 8.94. The van der Waals surface area contributed by atoms with Crippen LogP contribution in [0.2, 0.25) is 0 Å². The van der Waals surface area contributed by atoms with Crippen molar-refractivity contribution in [3.8, 4) is 11.4 Å². The molecule has 4 nitrogen and oxygen atoms in total. The highest BCUT2D eigenvalue weighted by Gasteiger charge is 2.25. The van der Waals surface area contributed by atoms with Crippen molar-refractivity contribution in [2.24, 2.45) is 5.73 Å². The fourth-order valence-corrected chi connectivity index (χ4v) is 4.25. The van der Waals surface area contributed by atoms with Gasteiger partial charge in [-0.05, 0) is 37.7 Å². The summed E-state index contributed by atoms with van der Waals surface area (Å²) in [4.78, 5) is 4.65. The number of aromatic nitrogens is 2. The molecule has 154 valence electrons. The van der Waals surface area contributed by atoms with Gasteiger partial charge in [0.15, 0.2) is 0 Å². The van der Waals surface area contributed by atoms with Gasteiger partial charge in [-0.25, -0.2) is 0 Å². The number of nitrogens with two attached hydrogens (primary N) is 1. The molecule has 3 rings (SSSR count). The van der Waals surface area contributed by atoms with Crippen LogP contribution < -0.4 is 5.73 Å². The Kier molecular flexibility index (Phi) is 8.53. The molecule has 28 heavy (non-hydrogen) atoms. The van der Waals surface area contributed by atoms with Crippen LogP contribution in [0.1, 0.15) is 101 Å². The first-order valence-corrected chi connectivity index (χ1v) is 11.4. The third-order valence-electron chi connectivity index (χ3n) is 6.04. The molecule has 1 aliphatic rings. The summed E-state index contributed by atoms with van der Waals surface area (Å²) in [5.74, 6) is 1.78. The zero-order valence-electron chi connectivity index (χ0n) is 17.5. The first kappa shape index (κ1) is 21.0. The minimum atomic E-state index is 0.268. The van der Waals surface area contributed by atoms with Crippen LogP contribution in [0.3, 0.4) is 0 Å². The van der Waals surface area contributed by atoms with Crippen molar-refractivity contribution in [2.75, 3.05) is 0 Å². The van der Waals surface area contributed by atoms with E-state index < -0.39 is 0 Å². The molecule has 1 aromatic carbocycles. The van der Waals surface area contributed by atoms with Crippen molar-refractivity contribution in [2.45, 2.75) is 102 Å². The molecule has 2 atom stereocenters. The number of unbranched alkanes of at least 4 members (excludes halogenated alkanes) is 7. The quantitative estimate of drug-likeness (QED) is 0.456. The summed E-state index contributed by atoms with van der Waals surface area (Å²) < 4.78 is 5.55. The number of benzene rings is 1. The van der Waals surface area contributed by atoms with Crippen LogP contribution in [0.15, 0.2) is 28.8 Å². The van der Waals surface area contributed by atoms with Crippen molar-refractivity contribution in [3.05, 3.63) is 35.7 Å². The van der Waals surface area contributed by atoms with Crippen LogP contribution in [-0.2, 0) is 6.42 Å². The van der Waals surface area contributed by atoms with Gasteiger partial charge < -0.3 is 10.3 Å². The first-order chi connectivity index (χ1) is 13.8. The Hall–Kier alpha value is -1.68. The Labute approximate surface area is 170 Å². The number of nitrogens with zero attached hydrogens (tertiary/aromatic N) is 2. The SMILES string of the molecule is CCCCCCCCCCc1ccc(-c2noc([C@@H]3CCC[C@H](N)C3)n2)cc1. The monoisotopic (exact) mass is 383 g/mol. The fraction of sp³-hybridized carbons (Fsp3) is 0.667. The molecule has 1 aromatic heterocycles. The maximum Gasteiger partial charge on any atom is 0.230 e. The average Bonchev–Trinajstić information content (AvgIpc) is 3.21. The van der Waals surface area contributed by atoms with Gasteiger partial charge in [0.25, 0.3) is 0 Å². The molecule has 0 aliphatic heterocycles. The first-order valence-electron chi connectivity index (χ1n) is 11.4. The molecule has 0 unspecified atom stereocenters. The molecular formula is C24H37N3O. The second-order valence-electron chi connectivity index (χ2n) is 8.50. The summed E-state index contributed by atoms with van der Waals surface area (Å²) in [5, 5.41) is 4.21. The standard InChI is InChI=1S/C24H37N3O/c1-2-3-4-5-6-7-8-9-11-19-14-16-20(17-15-19)23-26-24(28-27-23)21-12-10-13-22(25)18-21/h14-17,21-22H,2-13,18,25H2,1H3/t21-,22+/m1/s1. The lowest BCUT2D eigenvalue weighted by atomic mass is 9.86. The van der Waals surface area contributed by atoms with Crippen molar-refractivity contribution in [3.63, 3.8) is 0 Å². The van der Waals surface area contributed by atoms with Gasteiger partial charge in [-0.3, -0.25) is 0 Å². The van der Waals surface area contributed by atoms with Crippen molar-refractivity contribution in [1.29, 1.82) is 0 Å². The molecular weight excluding hydrogens is 346 g/mol. The summed E-state index contributed by atoms with van der Waals surface area (Å²) in [6.45, 7) is 2.27. The van der Waals surface area contributed by atoms with Crippen molar-refractivity contribution >= 4 is 0 Å². The predicted molar refractivity (Wildman–Crippen MR) is 115 cm³/mol. The van der Waals surface area contributed by atoms with E-state index in [0.717, 1.165) is 43.6 Å². The van der Waals surface area contributed by atoms with Gasteiger partial charge in [0.2, 0.25) is 11.7 Å². The third-order valence-corrected chi connectivity index (χ3v) is 6.04. The largest absolute Gasteiger partial charge is 0.339 e. The Bertz CT molecular complexity index is 679. The van der Waals surface area contributed by atoms with E-state index in [1.54, 1.807) is 0 Å². The Morgan fingerprint density at radius 1 is 0.964 bits per heavy atom. The zero-order valence-corrected chi connectivity index (χ0v) is 17.5. The molecule has 1 saturated carbocycles. The molecule has 1 fully saturated rings. The summed E-state index contributed by atoms with van der Waals surface area (Å²) in [7, 11) is 0. The van der Waals surface area contributed by atoms with E-state index in [-0.39, 0.29) is 6.04 Å². The maximum atomic E-state index is 6.09. The normalized spacial score (nSPS) is 19.8. The molecule has 1 aliphatic carbocycles. The highest BCUT2D eigenvalue weighted by molar-refractivity contribution is 5.54. The lowest BCUT2D eigenvalue weighted by Gasteiger charge is -2.23. The minimum Gasteiger partial charge on any atom is -0.339 e. The number of hydrogen-bond acceptors (Lipinski definition) is 4. The molecule has 0 bridgehead atoms. The van der Waals surface area contributed by atoms with E-state index in [4.69, 9.17) is 10.3 Å². The van der Waals surface area contributed by atoms with Gasteiger partial charge in [0.1, 0.15) is 0 Å². The smallest absolute Gasteiger partial charge is 0.230 e. The average molecular weight is 384 g/mol. The van der Waals surface area contributed by atoms with Gasteiger partial charge in [-0.1, -0.05) is 87.7 Å². The van der Waals surface area contributed by atoms with E-state index in [0.29, 0.717) is 11.7 Å². The van der Waals surface area contributed by atoms with Crippen LogP contribution in [0, 0.1) is 0 Å². The van der Waals surface area contributed by atoms with Crippen LogP contribution in [0.25, 0.3) is 11.4 Å². The summed E-state index contributed by atoms with van der Waals surface area (Å²) >= 11 is 0. The highest BCUT2D eigenvalue weighted by atomic mass is 16.5. The van der Waals surface area contributed by atoms with E-state index >= 15 is 0 Å². The van der Waals surface area contributed by atoms with E-state index in [1.165, 1.54) is 56.9 Å². The lowest BCUT2D eigenvalue weighted by molar-refractivity contribution is 0.299. The molecule has 1 heterocycles. The van der Waals surface area contributed by atoms with Gasteiger partial charge in [-0.15, -0.1) is 0 Å². The Morgan fingerprint density at radius 2 is 1.68 bits per heavy atom. The molecule has 4 heteroatoms. The van der Waals surface area contributed by atoms with Gasteiger partial charge >= 0.3 is 0 Å². The summed E-state index contributed by atoms with van der Waals surface area (Å²) in [5.41, 5.74) is 8.53. The number of hydrogen-bond donors (Lipinski definition) is 1. The van der Waals surface area contributed by atoms with Crippen molar-refractivity contribution < 1.29 is 4.52 Å². The fourth-order valence-electron chi connectivity index (χ4n) is 4.25. The topological polar surface area (TPSA) is 64.9 Å². The molecule has 0 spiro atoms. The Balaban J connectivity index is 1.42. The number of aryl methyl sites for hydroxylation is 1. The second kappa shape index (κ2) is 11.4.